The van der Waals surface area contributed by atoms with Gasteiger partial charge in [0.2, 0.25) is 47.3 Å². The molecule has 27 nitrogen and oxygen atoms in total. The number of hydrogen-bond acceptors (Lipinski definition) is 17. The molecule has 3 heterocycles. The lowest BCUT2D eigenvalue weighted by Gasteiger charge is -2.34. The standard InChI is InChI=1S/C65H119N15O12/c1-43(66)24-15-7-3-8-16-25-45(67)26-17-9-4-10-18-27-46(68)28-19-11-5-12-20-29-47(69)30-21-13-6-14-22-31-49(81)33-34-73-57(84)40-55(82)54-32-23-35-80(54)64(90)60-44(2)75-59(86)39-53(62(88)77-52(38-56(71)83)63(89)79-60)78-61(87)51(36-48-41-72-42-74-48)76-58(85)37-50(70)65(91)92/h41-47,49-55,60,81-82H,3-40,66-70H2,1-2H3,(H2,71,83)(H,72,74)(H,73,84)(H,75,86)(H,76,85)(H,77,88)(H,78,87)(H,79,89)(H,91,92)/t43?,44?,45?,46?,47?,49-,50+,51+,52+,53-,54+,55-,60?/m1/s1. The highest BCUT2D eigenvalue weighted by molar-refractivity contribution is 5.99. The number of carboxylic acids is 1. The summed E-state index contributed by atoms with van der Waals surface area (Å²) < 4.78 is 0. The quantitative estimate of drug-likeness (QED) is 0.0416. The normalized spacial score (nSPS) is 20.6. The minimum atomic E-state index is -1.74. The van der Waals surface area contributed by atoms with Gasteiger partial charge >= 0.3 is 5.97 Å². The first kappa shape index (κ1) is 80.4. The number of aliphatic hydroxyl groups is 2. The van der Waals surface area contributed by atoms with E-state index in [1.54, 1.807) is 0 Å². The molecule has 27 heteroatoms. The van der Waals surface area contributed by atoms with Gasteiger partial charge in [-0.1, -0.05) is 128 Å². The highest BCUT2D eigenvalue weighted by atomic mass is 16.4. The van der Waals surface area contributed by atoms with Crippen LogP contribution >= 0.6 is 0 Å². The van der Waals surface area contributed by atoms with E-state index >= 15 is 0 Å². The van der Waals surface area contributed by atoms with Gasteiger partial charge in [-0.05, 0) is 84.5 Å². The number of aromatic amines is 1. The molecule has 13 atom stereocenters. The summed E-state index contributed by atoms with van der Waals surface area (Å²) in [6, 6.07) is -8.91. The third kappa shape index (κ3) is 34.9. The van der Waals surface area contributed by atoms with Crippen LogP contribution in [0.1, 0.15) is 244 Å². The van der Waals surface area contributed by atoms with E-state index in [9.17, 15) is 58.5 Å². The SMILES string of the molecule is CC(N)CCCCCCCC(N)CCCCCCCC(N)CCCCCCCC(N)CCCCCCC[C@@H](O)CCNC(=O)C[C@@H](O)[C@@H]1CCCN1C(=O)C1NC(=O)[C@H](CC(N)=O)NC(=O)[C@H](NC(=O)[C@H](Cc2cnc[nH]2)NC(=O)C[C@H](N)C(=O)O)CC(=O)NC1C. The van der Waals surface area contributed by atoms with E-state index in [0.29, 0.717) is 49.5 Å². The number of aromatic nitrogens is 2. The summed E-state index contributed by atoms with van der Waals surface area (Å²) in [4.78, 5) is 127. The Kier molecular flexibility index (Phi) is 40.4. The summed E-state index contributed by atoms with van der Waals surface area (Å²) >= 11 is 0. The Morgan fingerprint density at radius 2 is 1.17 bits per heavy atom. The summed E-state index contributed by atoms with van der Waals surface area (Å²) in [6.07, 6.45) is 30.9. The maximum atomic E-state index is 14.4. The Morgan fingerprint density at radius 1 is 0.663 bits per heavy atom. The molecule has 92 heavy (non-hydrogen) atoms. The average Bonchev–Trinajstić information content (AvgIpc) is 1.83. The van der Waals surface area contributed by atoms with Crippen molar-refractivity contribution in [2.24, 2.45) is 34.4 Å². The second-order valence-electron chi connectivity index (χ2n) is 26.3. The number of carboxylic acid groups (broad SMARTS) is 1. The molecule has 1 aromatic heterocycles. The molecule has 2 saturated heterocycles. The van der Waals surface area contributed by atoms with E-state index < -0.39 is 127 Å². The molecule has 0 spiro atoms. The van der Waals surface area contributed by atoms with Crippen molar-refractivity contribution in [2.45, 2.75) is 324 Å². The van der Waals surface area contributed by atoms with Gasteiger partial charge < -0.3 is 91.5 Å². The number of aliphatic carboxylic acids is 1. The smallest absolute Gasteiger partial charge is 0.321 e. The van der Waals surface area contributed by atoms with Crippen LogP contribution < -0.4 is 66.3 Å². The Bertz CT molecular complexity index is 2320. The van der Waals surface area contributed by atoms with Crippen LogP contribution in [-0.4, -0.2) is 175 Å². The number of H-pyrrole nitrogens is 1. The van der Waals surface area contributed by atoms with E-state index in [-0.39, 0.29) is 32.0 Å². The summed E-state index contributed by atoms with van der Waals surface area (Å²) in [5.41, 5.74) is 36.4. The van der Waals surface area contributed by atoms with Crippen LogP contribution in [0.2, 0.25) is 0 Å². The highest BCUT2D eigenvalue weighted by Gasteiger charge is 2.42. The number of nitrogens with zero attached hydrogens (tertiary/aromatic N) is 2. The first-order valence-corrected chi connectivity index (χ1v) is 34.6. The third-order valence-corrected chi connectivity index (χ3v) is 17.7. The zero-order valence-electron chi connectivity index (χ0n) is 55.4. The van der Waals surface area contributed by atoms with Gasteiger partial charge in [-0.25, -0.2) is 4.98 Å². The zero-order chi connectivity index (χ0) is 67.8. The minimum Gasteiger partial charge on any atom is -0.480 e. The molecule has 8 amide bonds. The maximum Gasteiger partial charge on any atom is 0.321 e. The Balaban J connectivity index is 1.30. The molecule has 2 aliphatic heterocycles. The fraction of sp³-hybridized carbons (Fsp3) is 0.815. The molecule has 0 bridgehead atoms. The van der Waals surface area contributed by atoms with E-state index in [0.717, 1.165) is 83.5 Å². The van der Waals surface area contributed by atoms with Gasteiger partial charge in [0.15, 0.2) is 0 Å². The third-order valence-electron chi connectivity index (χ3n) is 17.7. The van der Waals surface area contributed by atoms with Gasteiger partial charge in [0, 0.05) is 55.6 Å². The van der Waals surface area contributed by atoms with E-state index in [1.807, 2.05) is 0 Å². The summed E-state index contributed by atoms with van der Waals surface area (Å²) in [6.45, 7) is 3.78. The molecule has 22 N–H and O–H groups in total. The van der Waals surface area contributed by atoms with Gasteiger partial charge in [0.05, 0.1) is 56.3 Å². The van der Waals surface area contributed by atoms with Crippen LogP contribution in [0, 0.1) is 0 Å². The molecule has 1 aromatic rings. The largest absolute Gasteiger partial charge is 0.480 e. The van der Waals surface area contributed by atoms with Crippen LogP contribution in [-0.2, 0) is 49.6 Å². The van der Waals surface area contributed by atoms with Gasteiger partial charge in [-0.15, -0.1) is 0 Å². The molecule has 2 fully saturated rings. The average molecular weight is 1300 g/mol. The van der Waals surface area contributed by atoms with Crippen molar-refractivity contribution in [3.63, 3.8) is 0 Å². The number of amides is 8. The number of unbranched alkanes of at least 4 members (excludes halogenated alkanes) is 16. The number of likely N-dealkylation sites (tertiary alicyclic amines) is 1. The monoisotopic (exact) mass is 1300 g/mol. The fourth-order valence-corrected chi connectivity index (χ4v) is 12.2. The molecule has 0 radical (unpaired) electrons. The van der Waals surface area contributed by atoms with Crippen molar-refractivity contribution in [3.05, 3.63) is 18.2 Å². The number of aliphatic hydroxyl groups excluding tert-OH is 2. The summed E-state index contributed by atoms with van der Waals surface area (Å²) in [5.74, 6) is -8.68. The maximum absolute atomic E-state index is 14.4. The predicted molar refractivity (Wildman–Crippen MR) is 352 cm³/mol. The number of hydrogen-bond donors (Lipinski definition) is 16. The van der Waals surface area contributed by atoms with Gasteiger partial charge in [0.1, 0.15) is 30.2 Å². The molecule has 0 aliphatic carbocycles. The van der Waals surface area contributed by atoms with Crippen molar-refractivity contribution in [3.8, 4) is 0 Å². The highest BCUT2D eigenvalue weighted by Crippen LogP contribution is 2.25. The number of rotatable bonds is 49. The predicted octanol–water partition coefficient (Wildman–Crippen LogP) is 2.34. The lowest BCUT2D eigenvalue weighted by molar-refractivity contribution is -0.141. The molecule has 0 aromatic carbocycles. The Hall–Kier alpha value is -5.84. The van der Waals surface area contributed by atoms with Crippen LogP contribution in [0.5, 0.6) is 0 Å². The number of primary amides is 1. The minimum absolute atomic E-state index is 0.121. The van der Waals surface area contributed by atoms with Crippen molar-refractivity contribution < 1.29 is 58.5 Å². The lowest BCUT2D eigenvalue weighted by atomic mass is 9.98. The second-order valence-corrected chi connectivity index (χ2v) is 26.3. The number of carbonyl (C=O) groups excluding carboxylic acids is 8. The van der Waals surface area contributed by atoms with Crippen molar-refractivity contribution in [1.82, 2.24) is 46.8 Å². The zero-order valence-corrected chi connectivity index (χ0v) is 55.4. The van der Waals surface area contributed by atoms with Gasteiger partial charge in [-0.3, -0.25) is 43.2 Å². The van der Waals surface area contributed by atoms with E-state index in [4.69, 9.17) is 34.4 Å². The van der Waals surface area contributed by atoms with Crippen LogP contribution in [0.3, 0.4) is 0 Å². The van der Waals surface area contributed by atoms with E-state index in [2.05, 4.69) is 48.8 Å². The lowest BCUT2D eigenvalue weighted by Crippen LogP contribution is -2.62. The molecule has 6 unspecified atom stereocenters. The summed E-state index contributed by atoms with van der Waals surface area (Å²) in [7, 11) is 0. The van der Waals surface area contributed by atoms with Crippen LogP contribution in [0.4, 0.5) is 0 Å². The molecular weight excluding hydrogens is 1180 g/mol. The summed E-state index contributed by atoms with van der Waals surface area (Å²) in [5, 5.41) is 46.2. The molecule has 526 valence electrons. The van der Waals surface area contributed by atoms with Crippen molar-refractivity contribution in [1.29, 1.82) is 0 Å². The topological polar surface area (TPSA) is 475 Å². The molecule has 2 aliphatic rings. The molecular formula is C65H119N15O12. The van der Waals surface area contributed by atoms with Gasteiger partial charge in [0.25, 0.3) is 0 Å². The van der Waals surface area contributed by atoms with Crippen LogP contribution in [0.15, 0.2) is 12.5 Å². The first-order valence-electron chi connectivity index (χ1n) is 34.6. The molecule has 0 saturated carbocycles. The van der Waals surface area contributed by atoms with Crippen molar-refractivity contribution in [2.75, 3.05) is 13.1 Å². The fourth-order valence-electron chi connectivity index (χ4n) is 12.2. The second kappa shape index (κ2) is 46.3. The van der Waals surface area contributed by atoms with E-state index in [1.165, 1.54) is 114 Å². The molecule has 3 rings (SSSR count). The Labute approximate surface area is 545 Å². The van der Waals surface area contributed by atoms with Crippen molar-refractivity contribution >= 4 is 53.2 Å². The van der Waals surface area contributed by atoms with Crippen LogP contribution in [0.25, 0.3) is 0 Å². The number of imidazole rings is 1. The first-order chi connectivity index (χ1) is 43.9. The Morgan fingerprint density at radius 3 is 1.66 bits per heavy atom. The van der Waals surface area contributed by atoms with Gasteiger partial charge in [-0.2, -0.15) is 0 Å². The number of nitrogens with one attached hydrogen (secondary N) is 7. The number of carbonyl (C=O) groups is 9. The number of nitrogens with two attached hydrogens (primary N) is 6.